The van der Waals surface area contributed by atoms with E-state index in [0.29, 0.717) is 30.1 Å². The lowest BCUT2D eigenvalue weighted by Crippen LogP contribution is -2.30. The number of nitrogens with one attached hydrogen (secondary N) is 3. The Bertz CT molecular complexity index is 1470. The van der Waals surface area contributed by atoms with E-state index in [4.69, 9.17) is 19.9 Å². The SMILES string of the molecule is O=C(O)C(F)(F)F.Oc1ccc(CCCNc2nc(NCc3cccc4ccccc34)nc(N3CCCNCC3)n2)cc1. The summed E-state index contributed by atoms with van der Waals surface area (Å²) in [6.45, 7) is 5.09. The van der Waals surface area contributed by atoms with Crippen molar-refractivity contribution in [1.29, 1.82) is 0 Å². The number of aromatic hydroxyl groups is 1. The number of alkyl halides is 3. The second kappa shape index (κ2) is 15.0. The van der Waals surface area contributed by atoms with Crippen molar-refractivity contribution in [3.8, 4) is 5.75 Å². The Hall–Kier alpha value is -4.65. The molecule has 43 heavy (non-hydrogen) atoms. The molecule has 5 N–H and O–H groups in total. The summed E-state index contributed by atoms with van der Waals surface area (Å²) in [4.78, 5) is 25.3. The number of carboxylic acid groups (broad SMARTS) is 1. The fraction of sp³-hybridized carbons (Fsp3) is 0.333. The summed E-state index contributed by atoms with van der Waals surface area (Å²) in [5.41, 5.74) is 2.40. The maximum atomic E-state index is 10.6. The van der Waals surface area contributed by atoms with Crippen LogP contribution in [0, 0.1) is 0 Å². The minimum Gasteiger partial charge on any atom is -0.508 e. The van der Waals surface area contributed by atoms with Crippen LogP contribution in [0.5, 0.6) is 5.75 Å². The standard InChI is InChI=1S/C28H33N7O.C2HF3O2/c36-24-13-11-21(12-14-24)6-4-16-30-26-32-27(34-28(33-26)35-18-5-15-29-17-19-35)31-20-23-9-3-8-22-7-1-2-10-25(22)23;3-2(4,5)1(6)7/h1-3,7-14,29,36H,4-6,15-20H2,(H2,30,31,32,33,34);(H,6,7). The van der Waals surface area contributed by atoms with Crippen LogP contribution in [-0.2, 0) is 17.8 Å². The maximum absolute atomic E-state index is 10.6. The number of phenols is 1. The summed E-state index contributed by atoms with van der Waals surface area (Å²) in [6.07, 6.45) is -2.19. The first-order chi connectivity index (χ1) is 20.7. The molecule has 1 saturated heterocycles. The van der Waals surface area contributed by atoms with Crippen molar-refractivity contribution in [2.45, 2.75) is 32.0 Å². The lowest BCUT2D eigenvalue weighted by Gasteiger charge is -2.21. The molecule has 0 radical (unpaired) electrons. The quantitative estimate of drug-likeness (QED) is 0.171. The van der Waals surface area contributed by atoms with Crippen LogP contribution in [0.15, 0.2) is 66.7 Å². The highest BCUT2D eigenvalue weighted by Gasteiger charge is 2.38. The molecule has 5 rings (SSSR count). The van der Waals surface area contributed by atoms with Crippen molar-refractivity contribution in [1.82, 2.24) is 20.3 Å². The van der Waals surface area contributed by atoms with Gasteiger partial charge in [-0.25, -0.2) is 4.79 Å². The van der Waals surface area contributed by atoms with Gasteiger partial charge in [-0.3, -0.25) is 0 Å². The van der Waals surface area contributed by atoms with E-state index in [-0.39, 0.29) is 0 Å². The first kappa shape index (κ1) is 31.3. The van der Waals surface area contributed by atoms with Crippen LogP contribution >= 0.6 is 0 Å². The molecule has 0 spiro atoms. The minimum atomic E-state index is -5.08. The number of aromatic nitrogens is 3. The fourth-order valence-electron chi connectivity index (χ4n) is 4.49. The van der Waals surface area contributed by atoms with Crippen molar-refractivity contribution in [2.24, 2.45) is 0 Å². The summed E-state index contributed by atoms with van der Waals surface area (Å²) in [7, 11) is 0. The van der Waals surface area contributed by atoms with E-state index in [1.807, 2.05) is 12.1 Å². The molecule has 3 aromatic carbocycles. The molecule has 2 heterocycles. The summed E-state index contributed by atoms with van der Waals surface area (Å²) < 4.78 is 31.7. The molecule has 1 aromatic heterocycles. The van der Waals surface area contributed by atoms with Crippen LogP contribution in [0.4, 0.5) is 31.0 Å². The van der Waals surface area contributed by atoms with E-state index in [1.165, 1.54) is 21.9 Å². The smallest absolute Gasteiger partial charge is 0.490 e. The zero-order valence-electron chi connectivity index (χ0n) is 23.4. The number of anilines is 3. The number of rotatable bonds is 9. The number of fused-ring (bicyclic) bond motifs is 1. The number of carbonyl (C=O) groups is 1. The number of benzene rings is 3. The fourth-order valence-corrected chi connectivity index (χ4v) is 4.49. The van der Waals surface area contributed by atoms with Gasteiger partial charge in [-0.1, -0.05) is 54.6 Å². The number of carboxylic acids is 1. The van der Waals surface area contributed by atoms with Crippen molar-refractivity contribution in [3.05, 3.63) is 77.9 Å². The van der Waals surface area contributed by atoms with Gasteiger partial charge in [0.25, 0.3) is 0 Å². The highest BCUT2D eigenvalue weighted by Crippen LogP contribution is 2.21. The number of hydrogen-bond donors (Lipinski definition) is 5. The zero-order chi connectivity index (χ0) is 30.7. The Kier molecular flexibility index (Phi) is 10.9. The Balaban J connectivity index is 0.000000541. The third kappa shape index (κ3) is 9.70. The first-order valence-corrected chi connectivity index (χ1v) is 13.9. The molecule has 0 aliphatic carbocycles. The van der Waals surface area contributed by atoms with Gasteiger partial charge in [-0.15, -0.1) is 0 Å². The van der Waals surface area contributed by atoms with Crippen LogP contribution in [0.1, 0.15) is 24.0 Å². The third-order valence-corrected chi connectivity index (χ3v) is 6.67. The van der Waals surface area contributed by atoms with Crippen LogP contribution in [-0.4, -0.2) is 70.0 Å². The van der Waals surface area contributed by atoms with Crippen molar-refractivity contribution >= 4 is 34.6 Å². The van der Waals surface area contributed by atoms with Gasteiger partial charge >= 0.3 is 12.1 Å². The van der Waals surface area contributed by atoms with E-state index in [9.17, 15) is 18.3 Å². The van der Waals surface area contributed by atoms with Gasteiger partial charge in [0.15, 0.2) is 0 Å². The summed E-state index contributed by atoms with van der Waals surface area (Å²) in [5.74, 6) is -0.598. The Morgan fingerprint density at radius 1 is 0.907 bits per heavy atom. The van der Waals surface area contributed by atoms with Gasteiger partial charge in [0.05, 0.1) is 0 Å². The Labute approximate surface area is 247 Å². The van der Waals surface area contributed by atoms with Gasteiger partial charge in [0.2, 0.25) is 17.8 Å². The van der Waals surface area contributed by atoms with Crippen LogP contribution < -0.4 is 20.9 Å². The largest absolute Gasteiger partial charge is 0.508 e. The monoisotopic (exact) mass is 597 g/mol. The van der Waals surface area contributed by atoms with E-state index in [0.717, 1.165) is 52.0 Å². The molecule has 1 aliphatic heterocycles. The molecule has 0 saturated carbocycles. The lowest BCUT2D eigenvalue weighted by molar-refractivity contribution is -0.192. The van der Waals surface area contributed by atoms with E-state index in [2.05, 4.69) is 68.3 Å². The number of nitrogens with zero attached hydrogens (tertiary/aromatic N) is 4. The van der Waals surface area contributed by atoms with E-state index < -0.39 is 12.1 Å². The molecule has 0 unspecified atom stereocenters. The van der Waals surface area contributed by atoms with Gasteiger partial charge in [-0.05, 0) is 59.8 Å². The molecule has 4 aromatic rings. The predicted molar refractivity (Wildman–Crippen MR) is 159 cm³/mol. The molecule has 228 valence electrons. The molecular formula is C30H34F3N7O3. The highest BCUT2D eigenvalue weighted by atomic mass is 19.4. The minimum absolute atomic E-state index is 0.293. The van der Waals surface area contributed by atoms with Gasteiger partial charge in [-0.2, -0.15) is 28.1 Å². The summed E-state index contributed by atoms with van der Waals surface area (Å²) in [5, 5.41) is 29.3. The van der Waals surface area contributed by atoms with Gasteiger partial charge < -0.3 is 31.1 Å². The normalized spacial score (nSPS) is 13.5. The third-order valence-electron chi connectivity index (χ3n) is 6.67. The average Bonchev–Trinajstić information content (AvgIpc) is 3.29. The van der Waals surface area contributed by atoms with E-state index in [1.54, 1.807) is 12.1 Å². The van der Waals surface area contributed by atoms with Crippen LogP contribution in [0.25, 0.3) is 10.8 Å². The van der Waals surface area contributed by atoms with Crippen molar-refractivity contribution < 1.29 is 28.2 Å². The van der Waals surface area contributed by atoms with E-state index >= 15 is 0 Å². The van der Waals surface area contributed by atoms with Crippen molar-refractivity contribution in [3.63, 3.8) is 0 Å². The predicted octanol–water partition coefficient (Wildman–Crippen LogP) is 4.82. The Morgan fingerprint density at radius 3 is 2.35 bits per heavy atom. The molecule has 1 aliphatic rings. The van der Waals surface area contributed by atoms with Crippen molar-refractivity contribution in [2.75, 3.05) is 48.3 Å². The van der Waals surface area contributed by atoms with Crippen LogP contribution in [0.3, 0.4) is 0 Å². The number of aryl methyl sites for hydroxylation is 1. The second-order valence-corrected chi connectivity index (χ2v) is 9.86. The van der Waals surface area contributed by atoms with Gasteiger partial charge in [0.1, 0.15) is 5.75 Å². The lowest BCUT2D eigenvalue weighted by atomic mass is 10.0. The Morgan fingerprint density at radius 2 is 1.60 bits per heavy atom. The zero-order valence-corrected chi connectivity index (χ0v) is 23.4. The maximum Gasteiger partial charge on any atom is 0.490 e. The topological polar surface area (TPSA) is 136 Å². The number of aliphatic carboxylic acids is 1. The number of hydrogen-bond acceptors (Lipinski definition) is 9. The molecule has 0 amide bonds. The molecule has 10 nitrogen and oxygen atoms in total. The molecular weight excluding hydrogens is 563 g/mol. The second-order valence-electron chi connectivity index (χ2n) is 9.86. The summed E-state index contributed by atoms with van der Waals surface area (Å²) in [6, 6.07) is 22.1. The molecule has 0 bridgehead atoms. The van der Waals surface area contributed by atoms with Crippen LogP contribution in [0.2, 0.25) is 0 Å². The van der Waals surface area contributed by atoms with Gasteiger partial charge in [0, 0.05) is 32.7 Å². The first-order valence-electron chi connectivity index (χ1n) is 13.9. The number of phenolic OH excluding ortho intramolecular Hbond substituents is 1. The number of halogens is 3. The molecule has 1 fully saturated rings. The molecule has 0 atom stereocenters. The average molecular weight is 598 g/mol. The highest BCUT2D eigenvalue weighted by molar-refractivity contribution is 5.85. The molecule has 13 heteroatoms. The summed E-state index contributed by atoms with van der Waals surface area (Å²) >= 11 is 0.